The van der Waals surface area contributed by atoms with E-state index in [0.717, 1.165) is 5.69 Å². The van der Waals surface area contributed by atoms with Gasteiger partial charge in [0, 0.05) is 5.38 Å². The van der Waals surface area contributed by atoms with Crippen molar-refractivity contribution in [2.75, 3.05) is 13.2 Å². The molecule has 1 rings (SSSR count). The number of rotatable bonds is 6. The highest BCUT2D eigenvalue weighted by molar-refractivity contribution is 7.09. The van der Waals surface area contributed by atoms with E-state index >= 15 is 0 Å². The lowest BCUT2D eigenvalue weighted by molar-refractivity contribution is -0.120. The van der Waals surface area contributed by atoms with Crippen LogP contribution >= 0.6 is 22.9 Å². The molecule has 0 aliphatic rings. The predicted molar refractivity (Wildman–Crippen MR) is 63.9 cm³/mol. The van der Waals surface area contributed by atoms with Crippen LogP contribution in [0.1, 0.15) is 10.7 Å². The molecule has 0 aliphatic heterocycles. The number of nitrogens with zero attached hydrogens (tertiary/aromatic N) is 1. The lowest BCUT2D eigenvalue weighted by Gasteiger charge is -2.03. The summed E-state index contributed by atoms with van der Waals surface area (Å²) in [4.78, 5) is 25.8. The Morgan fingerprint density at radius 2 is 2.35 bits per heavy atom. The Balaban J connectivity index is 2.22. The molecule has 3 N–H and O–H groups in total. The molecule has 0 aromatic carbocycles. The minimum Gasteiger partial charge on any atom is -0.448 e. The van der Waals surface area contributed by atoms with Gasteiger partial charge in [-0.25, -0.2) is 9.78 Å². The zero-order valence-electron chi connectivity index (χ0n) is 8.94. The van der Waals surface area contributed by atoms with Crippen LogP contribution in [0.2, 0.25) is 0 Å². The number of hydrogen-bond acceptors (Lipinski definition) is 5. The number of nitrogens with two attached hydrogens (primary N) is 1. The van der Waals surface area contributed by atoms with Crippen molar-refractivity contribution in [3.05, 3.63) is 16.1 Å². The molecular formula is C9H12ClN3O3S. The summed E-state index contributed by atoms with van der Waals surface area (Å²) < 4.78 is 4.46. The minimum atomic E-state index is -0.856. The molecule has 0 saturated heterocycles. The van der Waals surface area contributed by atoms with Crippen LogP contribution in [0.5, 0.6) is 0 Å². The molecule has 94 valence electrons. The van der Waals surface area contributed by atoms with Gasteiger partial charge in [-0.3, -0.25) is 4.79 Å². The molecule has 0 unspecified atom stereocenters. The number of thiazole rings is 1. The molecule has 0 radical (unpaired) electrons. The summed E-state index contributed by atoms with van der Waals surface area (Å²) >= 11 is 6.98. The first kappa shape index (κ1) is 13.7. The van der Waals surface area contributed by atoms with E-state index in [9.17, 15) is 9.59 Å². The maximum Gasteiger partial charge on any atom is 0.404 e. The standard InChI is InChI=1S/C9H12ClN3O3S/c10-4-6-5-17-8(13-6)3-7(14)12-1-2-16-9(11)15/h5H,1-4H2,(H2,11,15)(H,12,14). The van der Waals surface area contributed by atoms with Crippen molar-refractivity contribution >= 4 is 34.9 Å². The molecule has 17 heavy (non-hydrogen) atoms. The maximum atomic E-state index is 11.4. The summed E-state index contributed by atoms with van der Waals surface area (Å²) in [6, 6.07) is 0. The monoisotopic (exact) mass is 277 g/mol. The van der Waals surface area contributed by atoms with Gasteiger partial charge in [0.2, 0.25) is 5.91 Å². The number of carbonyl (C=O) groups is 2. The van der Waals surface area contributed by atoms with E-state index in [1.54, 1.807) is 0 Å². The summed E-state index contributed by atoms with van der Waals surface area (Å²) in [5, 5.41) is 5.09. The number of amides is 2. The van der Waals surface area contributed by atoms with Gasteiger partial charge in [-0.15, -0.1) is 22.9 Å². The third-order valence-electron chi connectivity index (χ3n) is 1.72. The quantitative estimate of drug-likeness (QED) is 0.589. The molecule has 8 heteroatoms. The largest absolute Gasteiger partial charge is 0.448 e. The number of aromatic nitrogens is 1. The second kappa shape index (κ2) is 7.08. The van der Waals surface area contributed by atoms with Crippen LogP contribution in [0.25, 0.3) is 0 Å². The van der Waals surface area contributed by atoms with Crippen molar-refractivity contribution in [1.82, 2.24) is 10.3 Å². The zero-order chi connectivity index (χ0) is 12.7. The average molecular weight is 278 g/mol. The highest BCUT2D eigenvalue weighted by atomic mass is 35.5. The number of ether oxygens (including phenoxy) is 1. The molecule has 1 aromatic heterocycles. The van der Waals surface area contributed by atoms with Gasteiger partial charge in [0.05, 0.1) is 24.5 Å². The average Bonchev–Trinajstić information content (AvgIpc) is 2.72. The van der Waals surface area contributed by atoms with Crippen LogP contribution in [-0.4, -0.2) is 30.1 Å². The molecule has 1 heterocycles. The van der Waals surface area contributed by atoms with Crippen LogP contribution in [0, 0.1) is 0 Å². The van der Waals surface area contributed by atoms with Gasteiger partial charge in [0.1, 0.15) is 11.6 Å². The SMILES string of the molecule is NC(=O)OCCNC(=O)Cc1nc(CCl)cs1. The molecule has 0 fully saturated rings. The third kappa shape index (κ3) is 5.50. The molecular weight excluding hydrogens is 266 g/mol. The summed E-state index contributed by atoms with van der Waals surface area (Å²) in [5.41, 5.74) is 5.52. The van der Waals surface area contributed by atoms with E-state index in [-0.39, 0.29) is 25.5 Å². The number of hydrogen-bond donors (Lipinski definition) is 2. The van der Waals surface area contributed by atoms with Crippen molar-refractivity contribution in [3.8, 4) is 0 Å². The number of primary amides is 1. The Bertz CT molecular complexity index is 397. The summed E-state index contributed by atoms with van der Waals surface area (Å²) in [6.45, 7) is 0.293. The van der Waals surface area contributed by atoms with Gasteiger partial charge < -0.3 is 15.8 Å². The Morgan fingerprint density at radius 1 is 1.59 bits per heavy atom. The summed E-state index contributed by atoms with van der Waals surface area (Å²) in [6.07, 6.45) is -0.663. The van der Waals surface area contributed by atoms with Gasteiger partial charge in [-0.1, -0.05) is 0 Å². The number of alkyl halides is 1. The van der Waals surface area contributed by atoms with Gasteiger partial charge in [0.25, 0.3) is 0 Å². The number of halogens is 1. The van der Waals surface area contributed by atoms with Crippen molar-refractivity contribution in [3.63, 3.8) is 0 Å². The molecule has 6 nitrogen and oxygen atoms in total. The third-order valence-corrected chi connectivity index (χ3v) is 2.89. The van der Waals surface area contributed by atoms with Crippen LogP contribution < -0.4 is 11.1 Å². The van der Waals surface area contributed by atoms with Crippen LogP contribution in [0.4, 0.5) is 4.79 Å². The molecule has 0 spiro atoms. The highest BCUT2D eigenvalue weighted by Crippen LogP contribution is 2.11. The van der Waals surface area contributed by atoms with Gasteiger partial charge >= 0.3 is 6.09 Å². The smallest absolute Gasteiger partial charge is 0.404 e. The zero-order valence-corrected chi connectivity index (χ0v) is 10.5. The molecule has 0 aliphatic carbocycles. The van der Waals surface area contributed by atoms with E-state index in [2.05, 4.69) is 15.0 Å². The van der Waals surface area contributed by atoms with Crippen LogP contribution in [-0.2, 0) is 21.8 Å². The molecule has 1 aromatic rings. The first-order chi connectivity index (χ1) is 8.11. The van der Waals surface area contributed by atoms with E-state index in [1.807, 2.05) is 5.38 Å². The fourth-order valence-electron chi connectivity index (χ4n) is 1.03. The normalized spacial score (nSPS) is 9.94. The Morgan fingerprint density at radius 3 is 2.94 bits per heavy atom. The van der Waals surface area contributed by atoms with E-state index < -0.39 is 6.09 Å². The lowest BCUT2D eigenvalue weighted by atomic mass is 10.4. The first-order valence-electron chi connectivity index (χ1n) is 4.80. The van der Waals surface area contributed by atoms with E-state index in [4.69, 9.17) is 17.3 Å². The van der Waals surface area contributed by atoms with Crippen LogP contribution in [0.3, 0.4) is 0 Å². The van der Waals surface area contributed by atoms with Crippen molar-refractivity contribution < 1.29 is 14.3 Å². The second-order valence-corrected chi connectivity index (χ2v) is 4.27. The van der Waals surface area contributed by atoms with Crippen LogP contribution in [0.15, 0.2) is 5.38 Å². The van der Waals surface area contributed by atoms with E-state index in [0.29, 0.717) is 10.9 Å². The number of carbonyl (C=O) groups excluding carboxylic acids is 2. The number of nitrogens with one attached hydrogen (secondary N) is 1. The van der Waals surface area contributed by atoms with Gasteiger partial charge in [-0.2, -0.15) is 0 Å². The predicted octanol–water partition coefficient (Wildman–Crippen LogP) is 0.636. The van der Waals surface area contributed by atoms with Crippen molar-refractivity contribution in [1.29, 1.82) is 0 Å². The van der Waals surface area contributed by atoms with Crippen molar-refractivity contribution in [2.45, 2.75) is 12.3 Å². The van der Waals surface area contributed by atoms with Gasteiger partial charge in [0.15, 0.2) is 0 Å². The maximum absolute atomic E-state index is 11.4. The Labute approximate surface area is 107 Å². The molecule has 0 bridgehead atoms. The summed E-state index contributed by atoms with van der Waals surface area (Å²) in [7, 11) is 0. The minimum absolute atomic E-state index is 0.0614. The fourth-order valence-corrected chi connectivity index (χ4v) is 2.05. The summed E-state index contributed by atoms with van der Waals surface area (Å²) in [5.74, 6) is 0.151. The molecule has 0 saturated carbocycles. The Kier molecular flexibility index (Phi) is 5.71. The van der Waals surface area contributed by atoms with Crippen molar-refractivity contribution in [2.24, 2.45) is 5.73 Å². The second-order valence-electron chi connectivity index (χ2n) is 3.06. The fraction of sp³-hybridized carbons (Fsp3) is 0.444. The topological polar surface area (TPSA) is 94.3 Å². The molecule has 0 atom stereocenters. The van der Waals surface area contributed by atoms with Gasteiger partial charge in [-0.05, 0) is 0 Å². The Hall–Kier alpha value is -1.34. The van der Waals surface area contributed by atoms with E-state index in [1.165, 1.54) is 11.3 Å². The molecule has 2 amide bonds. The first-order valence-corrected chi connectivity index (χ1v) is 6.21. The lowest BCUT2D eigenvalue weighted by Crippen LogP contribution is -2.30. The highest BCUT2D eigenvalue weighted by Gasteiger charge is 2.07.